The van der Waals surface area contributed by atoms with Gasteiger partial charge in [0.15, 0.2) is 0 Å². The molecule has 7 heteroatoms. The largest absolute Gasteiger partial charge is 0.506 e. The Morgan fingerprint density at radius 1 is 1.13 bits per heavy atom. The van der Waals surface area contributed by atoms with Crippen LogP contribution in [0.3, 0.4) is 0 Å². The fraction of sp³-hybridized carbons (Fsp3) is 0.435. The molecule has 160 valence electrons. The molecule has 1 aliphatic heterocycles. The van der Waals surface area contributed by atoms with E-state index in [1.807, 2.05) is 0 Å². The van der Waals surface area contributed by atoms with E-state index in [1.165, 1.54) is 49.5 Å². The van der Waals surface area contributed by atoms with Crippen molar-refractivity contribution in [3.8, 4) is 5.75 Å². The zero-order chi connectivity index (χ0) is 20.9. The maximum absolute atomic E-state index is 11.6. The zero-order valence-corrected chi connectivity index (χ0v) is 17.9. The van der Waals surface area contributed by atoms with Crippen LogP contribution in [0.25, 0.3) is 10.2 Å². The maximum atomic E-state index is 11.6. The lowest BCUT2D eigenvalue weighted by Crippen LogP contribution is -2.29. The van der Waals surface area contributed by atoms with Gasteiger partial charge >= 0.3 is 4.87 Å². The molecule has 6 nitrogen and oxygen atoms in total. The van der Waals surface area contributed by atoms with Gasteiger partial charge in [0.25, 0.3) is 0 Å². The number of fused-ring (bicyclic) bond motifs is 1. The van der Waals surface area contributed by atoms with Gasteiger partial charge in [-0.25, -0.2) is 0 Å². The predicted octanol–water partition coefficient (Wildman–Crippen LogP) is 3.15. The number of rotatable bonds is 8. The fourth-order valence-electron chi connectivity index (χ4n) is 4.14. The van der Waals surface area contributed by atoms with Crippen molar-refractivity contribution in [2.24, 2.45) is 0 Å². The molecule has 0 amide bonds. The van der Waals surface area contributed by atoms with E-state index in [2.05, 4.69) is 39.5 Å². The van der Waals surface area contributed by atoms with Crippen LogP contribution in [0.1, 0.15) is 42.1 Å². The number of aromatic nitrogens is 1. The lowest BCUT2D eigenvalue weighted by molar-refractivity contribution is 0.176. The van der Waals surface area contributed by atoms with E-state index in [-0.39, 0.29) is 10.6 Å². The summed E-state index contributed by atoms with van der Waals surface area (Å²) in [6.45, 7) is 4.57. The Bertz CT molecular complexity index is 1040. The number of aliphatic hydroxyl groups excluding tert-OH is 1. The molecule has 1 aromatic heterocycles. The van der Waals surface area contributed by atoms with Gasteiger partial charge in [-0.3, -0.25) is 9.69 Å². The second kappa shape index (κ2) is 9.75. The smallest absolute Gasteiger partial charge is 0.305 e. The van der Waals surface area contributed by atoms with Gasteiger partial charge in [-0.1, -0.05) is 48.1 Å². The Hall–Kier alpha value is -2.19. The molecular weight excluding hydrogens is 398 g/mol. The summed E-state index contributed by atoms with van der Waals surface area (Å²) in [5.74, 6) is 0.0247. The molecule has 3 aromatic rings. The van der Waals surface area contributed by atoms with Crippen LogP contribution in [0.2, 0.25) is 0 Å². The molecule has 1 unspecified atom stereocenters. The van der Waals surface area contributed by atoms with Gasteiger partial charge in [0.05, 0.1) is 10.8 Å². The minimum absolute atomic E-state index is 0.0247. The number of aromatic amines is 1. The summed E-state index contributed by atoms with van der Waals surface area (Å²) < 4.78 is 0.611. The van der Waals surface area contributed by atoms with Gasteiger partial charge in [0.2, 0.25) is 0 Å². The molecule has 1 aliphatic rings. The highest BCUT2D eigenvalue weighted by molar-refractivity contribution is 7.16. The molecule has 1 atom stereocenters. The van der Waals surface area contributed by atoms with Gasteiger partial charge in [-0.05, 0) is 56.1 Å². The third kappa shape index (κ3) is 5.10. The zero-order valence-electron chi connectivity index (χ0n) is 17.1. The normalized spacial score (nSPS) is 16.2. The summed E-state index contributed by atoms with van der Waals surface area (Å²) in [4.78, 5) is 16.6. The molecule has 1 fully saturated rings. The number of hydrogen-bond donors (Lipinski definition) is 4. The van der Waals surface area contributed by atoms with Crippen LogP contribution in [0.4, 0.5) is 0 Å². The van der Waals surface area contributed by atoms with Crippen LogP contribution in [0, 0.1) is 0 Å². The summed E-state index contributed by atoms with van der Waals surface area (Å²) in [5.41, 5.74) is 3.71. The number of phenols is 1. The Kier molecular flexibility index (Phi) is 6.84. The predicted molar refractivity (Wildman–Crippen MR) is 121 cm³/mol. The van der Waals surface area contributed by atoms with E-state index in [0.717, 1.165) is 30.8 Å². The second-order valence-corrected chi connectivity index (χ2v) is 9.00. The first-order chi connectivity index (χ1) is 14.6. The van der Waals surface area contributed by atoms with Gasteiger partial charge in [0, 0.05) is 18.7 Å². The highest BCUT2D eigenvalue weighted by Gasteiger charge is 2.16. The topological polar surface area (TPSA) is 88.6 Å². The van der Waals surface area contributed by atoms with E-state index < -0.39 is 6.10 Å². The van der Waals surface area contributed by atoms with E-state index in [9.17, 15) is 15.0 Å². The van der Waals surface area contributed by atoms with Gasteiger partial charge in [0.1, 0.15) is 11.3 Å². The molecule has 2 heterocycles. The van der Waals surface area contributed by atoms with Crippen molar-refractivity contribution < 1.29 is 10.2 Å². The number of likely N-dealkylation sites (tertiary alicyclic amines) is 1. The third-order valence-corrected chi connectivity index (χ3v) is 6.65. The summed E-state index contributed by atoms with van der Waals surface area (Å²) in [6, 6.07) is 12.0. The lowest BCUT2D eigenvalue weighted by atomic mass is 10.1. The average Bonchev–Trinajstić information content (AvgIpc) is 3.15. The number of aliphatic hydroxyl groups is 1. The van der Waals surface area contributed by atoms with Crippen molar-refractivity contribution in [3.63, 3.8) is 0 Å². The number of hydrogen-bond acceptors (Lipinski definition) is 6. The number of aromatic hydroxyl groups is 1. The monoisotopic (exact) mass is 427 g/mol. The van der Waals surface area contributed by atoms with E-state index in [0.29, 0.717) is 22.3 Å². The maximum Gasteiger partial charge on any atom is 0.305 e. The standard InChI is InChI=1S/C23H29N3O3S/c27-19-8-7-18(22-21(19)25-23(29)30-22)20(28)14-24-10-9-16-5-4-6-17(13-16)15-26-11-2-1-3-12-26/h4-8,13,20,24,27-28H,1-3,9-12,14-15H2,(H,25,29). The molecular formula is C23H29N3O3S. The van der Waals surface area contributed by atoms with Crippen LogP contribution in [-0.2, 0) is 13.0 Å². The number of H-pyrrole nitrogens is 1. The summed E-state index contributed by atoms with van der Waals surface area (Å²) in [7, 11) is 0. The average molecular weight is 428 g/mol. The Labute approximate surface area is 180 Å². The SMILES string of the molecule is O=c1[nH]c2c(O)ccc(C(O)CNCCc3cccc(CN4CCCCC4)c3)c2s1. The fourth-order valence-corrected chi connectivity index (χ4v) is 5.06. The van der Waals surface area contributed by atoms with E-state index in [4.69, 9.17) is 0 Å². The van der Waals surface area contributed by atoms with Crippen LogP contribution in [0.15, 0.2) is 41.2 Å². The summed E-state index contributed by atoms with van der Waals surface area (Å²) >= 11 is 1.01. The van der Waals surface area contributed by atoms with Crippen molar-refractivity contribution in [1.29, 1.82) is 0 Å². The molecule has 0 aliphatic carbocycles. The number of phenolic OH excluding ortho intramolecular Hbond substituents is 1. The summed E-state index contributed by atoms with van der Waals surface area (Å²) in [5, 5.41) is 23.8. The van der Waals surface area contributed by atoms with Gasteiger partial charge in [-0.15, -0.1) is 0 Å². The summed E-state index contributed by atoms with van der Waals surface area (Å²) in [6.07, 6.45) is 4.11. The molecule has 30 heavy (non-hydrogen) atoms. The Morgan fingerprint density at radius 2 is 1.93 bits per heavy atom. The molecule has 1 saturated heterocycles. The van der Waals surface area contributed by atoms with Crippen LogP contribution in [-0.4, -0.2) is 46.3 Å². The molecule has 0 radical (unpaired) electrons. The first-order valence-corrected chi connectivity index (χ1v) is 11.5. The Morgan fingerprint density at radius 3 is 2.77 bits per heavy atom. The highest BCUT2D eigenvalue weighted by Crippen LogP contribution is 2.31. The number of benzene rings is 2. The molecule has 4 N–H and O–H groups in total. The lowest BCUT2D eigenvalue weighted by Gasteiger charge is -2.26. The Balaban J connectivity index is 1.29. The number of thiazole rings is 1. The van der Waals surface area contributed by atoms with Gasteiger partial charge in [-0.2, -0.15) is 0 Å². The third-order valence-electron chi connectivity index (χ3n) is 5.72. The number of nitrogens with zero attached hydrogens (tertiary/aromatic N) is 1. The number of nitrogens with one attached hydrogen (secondary N) is 2. The van der Waals surface area contributed by atoms with Crippen molar-refractivity contribution in [1.82, 2.24) is 15.2 Å². The minimum Gasteiger partial charge on any atom is -0.506 e. The number of piperidine rings is 1. The molecule has 0 spiro atoms. The first-order valence-electron chi connectivity index (χ1n) is 10.6. The second-order valence-electron chi connectivity index (χ2n) is 8.02. The van der Waals surface area contributed by atoms with Crippen LogP contribution < -0.4 is 10.2 Å². The quantitative estimate of drug-likeness (QED) is 0.415. The van der Waals surface area contributed by atoms with Crippen molar-refractivity contribution in [2.45, 2.75) is 38.3 Å². The van der Waals surface area contributed by atoms with Crippen molar-refractivity contribution in [2.75, 3.05) is 26.2 Å². The van der Waals surface area contributed by atoms with E-state index in [1.54, 1.807) is 6.07 Å². The van der Waals surface area contributed by atoms with Crippen LogP contribution >= 0.6 is 11.3 Å². The first kappa shape index (κ1) is 21.1. The van der Waals surface area contributed by atoms with Crippen LogP contribution in [0.5, 0.6) is 5.75 Å². The molecule has 4 rings (SSSR count). The van der Waals surface area contributed by atoms with Crippen molar-refractivity contribution >= 4 is 21.6 Å². The minimum atomic E-state index is -0.745. The van der Waals surface area contributed by atoms with E-state index >= 15 is 0 Å². The van der Waals surface area contributed by atoms with Crippen molar-refractivity contribution in [3.05, 3.63) is 62.8 Å². The highest BCUT2D eigenvalue weighted by atomic mass is 32.1. The molecule has 2 aromatic carbocycles. The molecule has 0 bridgehead atoms. The van der Waals surface area contributed by atoms with Gasteiger partial charge < -0.3 is 20.5 Å². The molecule has 0 saturated carbocycles.